The van der Waals surface area contributed by atoms with Crippen LogP contribution in [0.5, 0.6) is 0 Å². The number of nitrogens with zero attached hydrogens (tertiary/aromatic N) is 1. The molecule has 0 bridgehead atoms. The highest BCUT2D eigenvalue weighted by molar-refractivity contribution is 6.02. The lowest BCUT2D eigenvalue weighted by atomic mass is 9.86. The molecule has 2 amide bonds. The number of hydrogen-bond acceptors (Lipinski definition) is 4. The minimum absolute atomic E-state index is 0.191. The SMILES string of the molecule is CC1(C)C(=O)NC(=O)CN1C1CCC(N)CC1. The largest absolute Gasteiger partial charge is 0.328 e. The van der Waals surface area contributed by atoms with Gasteiger partial charge in [-0.15, -0.1) is 0 Å². The first kappa shape index (κ1) is 12.5. The number of carbonyl (C=O) groups excluding carboxylic acids is 2. The second-order valence-electron chi connectivity index (χ2n) is 5.63. The fourth-order valence-corrected chi connectivity index (χ4v) is 2.80. The van der Waals surface area contributed by atoms with E-state index < -0.39 is 5.54 Å². The Labute approximate surface area is 102 Å². The fraction of sp³-hybridized carbons (Fsp3) is 0.833. The van der Waals surface area contributed by atoms with E-state index in [1.165, 1.54) is 0 Å². The molecule has 3 N–H and O–H groups in total. The Balaban J connectivity index is 2.12. The van der Waals surface area contributed by atoms with Crippen molar-refractivity contribution in [2.75, 3.05) is 6.54 Å². The summed E-state index contributed by atoms with van der Waals surface area (Å²) in [6.07, 6.45) is 3.91. The first-order valence-electron chi connectivity index (χ1n) is 6.28. The van der Waals surface area contributed by atoms with E-state index in [2.05, 4.69) is 5.32 Å². The number of rotatable bonds is 1. The molecule has 0 spiro atoms. The third-order valence-corrected chi connectivity index (χ3v) is 4.02. The van der Waals surface area contributed by atoms with Gasteiger partial charge in [0.1, 0.15) is 0 Å². The lowest BCUT2D eigenvalue weighted by Gasteiger charge is -2.46. The molecule has 1 saturated heterocycles. The maximum absolute atomic E-state index is 11.8. The molecule has 1 saturated carbocycles. The predicted octanol–water partition coefficient (Wildman–Crippen LogP) is -0.00670. The van der Waals surface area contributed by atoms with Crippen LogP contribution in [0.3, 0.4) is 0 Å². The van der Waals surface area contributed by atoms with Crippen molar-refractivity contribution in [3.63, 3.8) is 0 Å². The third kappa shape index (κ3) is 2.35. The zero-order valence-electron chi connectivity index (χ0n) is 10.5. The lowest BCUT2D eigenvalue weighted by Crippen LogP contribution is -2.66. The van der Waals surface area contributed by atoms with Gasteiger partial charge in [-0.25, -0.2) is 0 Å². The van der Waals surface area contributed by atoms with Crippen LogP contribution >= 0.6 is 0 Å². The van der Waals surface area contributed by atoms with Crippen molar-refractivity contribution in [2.24, 2.45) is 5.73 Å². The van der Waals surface area contributed by atoms with Crippen LogP contribution in [0.4, 0.5) is 0 Å². The molecule has 17 heavy (non-hydrogen) atoms. The second-order valence-corrected chi connectivity index (χ2v) is 5.63. The van der Waals surface area contributed by atoms with Crippen LogP contribution < -0.4 is 11.1 Å². The monoisotopic (exact) mass is 239 g/mol. The zero-order valence-corrected chi connectivity index (χ0v) is 10.5. The topological polar surface area (TPSA) is 75.4 Å². The molecule has 0 unspecified atom stereocenters. The molecule has 2 fully saturated rings. The average Bonchev–Trinajstić information content (AvgIpc) is 2.25. The summed E-state index contributed by atoms with van der Waals surface area (Å²) in [5, 5.41) is 2.40. The van der Waals surface area contributed by atoms with Crippen LogP contribution in [0.25, 0.3) is 0 Å². The molecule has 2 rings (SSSR count). The molecule has 1 aliphatic carbocycles. The number of amides is 2. The predicted molar refractivity (Wildman–Crippen MR) is 64.2 cm³/mol. The van der Waals surface area contributed by atoms with Gasteiger partial charge in [0.25, 0.3) is 0 Å². The van der Waals surface area contributed by atoms with Crippen molar-refractivity contribution in [1.82, 2.24) is 10.2 Å². The molecule has 0 aromatic carbocycles. The Morgan fingerprint density at radius 1 is 1.24 bits per heavy atom. The summed E-state index contributed by atoms with van der Waals surface area (Å²) in [5.41, 5.74) is 5.29. The van der Waals surface area contributed by atoms with E-state index in [0.29, 0.717) is 12.6 Å². The van der Waals surface area contributed by atoms with Crippen molar-refractivity contribution in [1.29, 1.82) is 0 Å². The van der Waals surface area contributed by atoms with Crippen molar-refractivity contribution < 1.29 is 9.59 Å². The number of hydrogen-bond donors (Lipinski definition) is 2. The van der Waals surface area contributed by atoms with Crippen LogP contribution in [0.15, 0.2) is 0 Å². The molecular weight excluding hydrogens is 218 g/mol. The minimum atomic E-state index is -0.597. The zero-order chi connectivity index (χ0) is 12.6. The van der Waals surface area contributed by atoms with E-state index in [1.54, 1.807) is 0 Å². The molecule has 2 aliphatic rings. The van der Waals surface area contributed by atoms with Crippen LogP contribution in [-0.4, -0.2) is 40.9 Å². The molecule has 0 radical (unpaired) electrons. The highest BCUT2D eigenvalue weighted by Gasteiger charge is 2.44. The van der Waals surface area contributed by atoms with Gasteiger partial charge in [-0.3, -0.25) is 19.8 Å². The quantitative estimate of drug-likeness (QED) is 0.631. The van der Waals surface area contributed by atoms with Crippen LogP contribution in [0, 0.1) is 0 Å². The molecule has 96 valence electrons. The maximum atomic E-state index is 11.8. The van der Waals surface area contributed by atoms with Crippen LogP contribution in [-0.2, 0) is 9.59 Å². The van der Waals surface area contributed by atoms with E-state index in [1.807, 2.05) is 18.7 Å². The van der Waals surface area contributed by atoms with Crippen molar-refractivity contribution >= 4 is 11.8 Å². The highest BCUT2D eigenvalue weighted by atomic mass is 16.2. The number of piperazine rings is 1. The summed E-state index contributed by atoms with van der Waals surface area (Å²) in [5.74, 6) is -0.382. The van der Waals surface area contributed by atoms with Gasteiger partial charge in [0, 0.05) is 12.1 Å². The van der Waals surface area contributed by atoms with Gasteiger partial charge in [0.05, 0.1) is 12.1 Å². The lowest BCUT2D eigenvalue weighted by molar-refractivity contribution is -0.148. The number of nitrogens with two attached hydrogens (primary N) is 1. The fourth-order valence-electron chi connectivity index (χ4n) is 2.80. The smallest absolute Gasteiger partial charge is 0.246 e. The van der Waals surface area contributed by atoms with Gasteiger partial charge in [0.2, 0.25) is 11.8 Å². The van der Waals surface area contributed by atoms with E-state index in [4.69, 9.17) is 5.73 Å². The van der Waals surface area contributed by atoms with Gasteiger partial charge < -0.3 is 5.73 Å². The summed E-state index contributed by atoms with van der Waals surface area (Å²) in [7, 11) is 0. The van der Waals surface area contributed by atoms with Gasteiger partial charge in [-0.1, -0.05) is 0 Å². The highest BCUT2D eigenvalue weighted by Crippen LogP contribution is 2.29. The first-order valence-corrected chi connectivity index (χ1v) is 6.28. The van der Waals surface area contributed by atoms with Crippen LogP contribution in [0.1, 0.15) is 39.5 Å². The minimum Gasteiger partial charge on any atom is -0.328 e. The van der Waals surface area contributed by atoms with Gasteiger partial charge in [-0.2, -0.15) is 0 Å². The first-order chi connectivity index (χ1) is 7.91. The third-order valence-electron chi connectivity index (χ3n) is 4.02. The average molecular weight is 239 g/mol. The van der Waals surface area contributed by atoms with E-state index in [-0.39, 0.29) is 17.9 Å². The maximum Gasteiger partial charge on any atom is 0.246 e. The van der Waals surface area contributed by atoms with Gasteiger partial charge in [-0.05, 0) is 39.5 Å². The Kier molecular flexibility index (Phi) is 3.23. The summed E-state index contributed by atoms with van der Waals surface area (Å²) < 4.78 is 0. The molecule has 1 aliphatic heterocycles. The molecule has 5 heteroatoms. The van der Waals surface area contributed by atoms with Crippen molar-refractivity contribution in [3.05, 3.63) is 0 Å². The number of nitrogens with one attached hydrogen (secondary N) is 1. The second kappa shape index (κ2) is 4.38. The summed E-state index contributed by atoms with van der Waals surface area (Å²) in [6, 6.07) is 0.587. The Morgan fingerprint density at radius 3 is 2.41 bits per heavy atom. The summed E-state index contributed by atoms with van der Waals surface area (Å²) >= 11 is 0. The molecule has 1 heterocycles. The van der Waals surface area contributed by atoms with Gasteiger partial charge in [0.15, 0.2) is 0 Å². The Morgan fingerprint density at radius 2 is 1.82 bits per heavy atom. The normalized spacial score (nSPS) is 34.5. The standard InChI is InChI=1S/C12H21N3O2/c1-12(2)11(17)14-10(16)7-15(12)9-5-3-8(13)4-6-9/h8-9H,3-7,13H2,1-2H3,(H,14,16,17). The van der Waals surface area contributed by atoms with Crippen LogP contribution in [0.2, 0.25) is 0 Å². The van der Waals surface area contributed by atoms with E-state index in [9.17, 15) is 9.59 Å². The number of carbonyl (C=O) groups is 2. The molecule has 0 atom stereocenters. The molecule has 5 nitrogen and oxygen atoms in total. The van der Waals surface area contributed by atoms with E-state index >= 15 is 0 Å². The Hall–Kier alpha value is -0.940. The van der Waals surface area contributed by atoms with Crippen molar-refractivity contribution in [2.45, 2.75) is 57.2 Å². The molecule has 0 aromatic rings. The molecule has 0 aromatic heterocycles. The molecular formula is C12H21N3O2. The van der Waals surface area contributed by atoms with Crippen molar-refractivity contribution in [3.8, 4) is 0 Å². The van der Waals surface area contributed by atoms with Gasteiger partial charge >= 0.3 is 0 Å². The van der Waals surface area contributed by atoms with E-state index in [0.717, 1.165) is 25.7 Å². The summed E-state index contributed by atoms with van der Waals surface area (Å²) in [6.45, 7) is 4.07. The summed E-state index contributed by atoms with van der Waals surface area (Å²) in [4.78, 5) is 25.4. The Bertz CT molecular complexity index is 333. The number of imide groups is 1.